The van der Waals surface area contributed by atoms with E-state index in [1.807, 2.05) is 49.3 Å². The standard InChI is InChI=1S/C13H14N2O2/c1-15(2)11-6-3-10(4-7-11)5-8-12-14-9-13(16)17-12/h3-8H,9H2,1-2H3/b8-5+. The minimum absolute atomic E-state index is 0.124. The Kier molecular flexibility index (Phi) is 3.23. The van der Waals surface area contributed by atoms with Crippen molar-refractivity contribution in [2.75, 3.05) is 25.5 Å². The van der Waals surface area contributed by atoms with Crippen molar-refractivity contribution in [1.29, 1.82) is 0 Å². The molecule has 0 bridgehead atoms. The second-order valence-corrected chi connectivity index (χ2v) is 3.95. The summed E-state index contributed by atoms with van der Waals surface area (Å²) in [6.45, 7) is 0.124. The van der Waals surface area contributed by atoms with Gasteiger partial charge in [-0.3, -0.25) is 0 Å². The molecule has 0 radical (unpaired) electrons. The molecule has 0 amide bonds. The molecule has 1 aromatic rings. The van der Waals surface area contributed by atoms with Crippen LogP contribution in [-0.2, 0) is 9.53 Å². The van der Waals surface area contributed by atoms with Crippen LogP contribution in [0, 0.1) is 0 Å². The average Bonchev–Trinajstić information content (AvgIpc) is 2.73. The van der Waals surface area contributed by atoms with E-state index in [-0.39, 0.29) is 12.5 Å². The van der Waals surface area contributed by atoms with Crippen LogP contribution >= 0.6 is 0 Å². The van der Waals surface area contributed by atoms with Crippen molar-refractivity contribution in [1.82, 2.24) is 0 Å². The molecule has 4 nitrogen and oxygen atoms in total. The number of aliphatic imine (C=N–C) groups is 1. The van der Waals surface area contributed by atoms with Crippen LogP contribution in [0.25, 0.3) is 6.08 Å². The molecule has 1 heterocycles. The maximum Gasteiger partial charge on any atom is 0.334 e. The average molecular weight is 230 g/mol. The van der Waals surface area contributed by atoms with Gasteiger partial charge in [0.15, 0.2) is 0 Å². The number of ether oxygens (including phenoxy) is 1. The van der Waals surface area contributed by atoms with Crippen molar-refractivity contribution in [2.24, 2.45) is 4.99 Å². The van der Waals surface area contributed by atoms with E-state index >= 15 is 0 Å². The van der Waals surface area contributed by atoms with Gasteiger partial charge in [-0.15, -0.1) is 0 Å². The maximum atomic E-state index is 10.8. The molecule has 0 saturated carbocycles. The van der Waals surface area contributed by atoms with Crippen LogP contribution in [0.1, 0.15) is 5.56 Å². The minimum atomic E-state index is -0.299. The second-order valence-electron chi connectivity index (χ2n) is 3.95. The van der Waals surface area contributed by atoms with E-state index in [9.17, 15) is 4.79 Å². The quantitative estimate of drug-likeness (QED) is 0.742. The number of carbonyl (C=O) groups is 1. The predicted molar refractivity (Wildman–Crippen MR) is 68.2 cm³/mol. The lowest BCUT2D eigenvalue weighted by Gasteiger charge is -2.11. The molecule has 88 valence electrons. The first-order valence-electron chi connectivity index (χ1n) is 5.36. The Morgan fingerprint density at radius 2 is 1.94 bits per heavy atom. The fourth-order valence-corrected chi connectivity index (χ4v) is 1.46. The fourth-order valence-electron chi connectivity index (χ4n) is 1.46. The van der Waals surface area contributed by atoms with E-state index < -0.39 is 0 Å². The number of carbonyl (C=O) groups excluding carboxylic acids is 1. The smallest absolute Gasteiger partial charge is 0.334 e. The number of rotatable bonds is 3. The van der Waals surface area contributed by atoms with E-state index in [4.69, 9.17) is 4.74 Å². The van der Waals surface area contributed by atoms with Crippen LogP contribution in [0.5, 0.6) is 0 Å². The number of hydrogen-bond donors (Lipinski definition) is 0. The third-order valence-electron chi connectivity index (χ3n) is 2.41. The van der Waals surface area contributed by atoms with Gasteiger partial charge >= 0.3 is 5.97 Å². The van der Waals surface area contributed by atoms with Gasteiger partial charge in [0.1, 0.15) is 6.54 Å². The summed E-state index contributed by atoms with van der Waals surface area (Å²) in [6, 6.07) is 8.07. The first-order valence-corrected chi connectivity index (χ1v) is 5.36. The third-order valence-corrected chi connectivity index (χ3v) is 2.41. The number of cyclic esters (lactones) is 1. The summed E-state index contributed by atoms with van der Waals surface area (Å²) >= 11 is 0. The summed E-state index contributed by atoms with van der Waals surface area (Å²) in [5, 5.41) is 0. The minimum Gasteiger partial charge on any atom is -0.406 e. The van der Waals surface area contributed by atoms with E-state index in [0.29, 0.717) is 5.90 Å². The van der Waals surface area contributed by atoms with Gasteiger partial charge in [-0.2, -0.15) is 0 Å². The molecule has 0 fully saturated rings. The summed E-state index contributed by atoms with van der Waals surface area (Å²) in [5.41, 5.74) is 2.19. The highest BCUT2D eigenvalue weighted by molar-refractivity contribution is 6.03. The van der Waals surface area contributed by atoms with Crippen LogP contribution in [0.4, 0.5) is 5.69 Å². The van der Waals surface area contributed by atoms with Crippen molar-refractivity contribution in [2.45, 2.75) is 0 Å². The molecule has 1 aliphatic heterocycles. The van der Waals surface area contributed by atoms with Crippen LogP contribution in [0.2, 0.25) is 0 Å². The van der Waals surface area contributed by atoms with Crippen molar-refractivity contribution < 1.29 is 9.53 Å². The van der Waals surface area contributed by atoms with Crippen molar-refractivity contribution in [3.63, 3.8) is 0 Å². The van der Waals surface area contributed by atoms with Crippen LogP contribution in [0.3, 0.4) is 0 Å². The SMILES string of the molecule is CN(C)c1ccc(/C=C/C2=NCC(=O)O2)cc1. The molecule has 2 rings (SSSR count). The highest BCUT2D eigenvalue weighted by atomic mass is 16.5. The number of esters is 1. The van der Waals surface area contributed by atoms with Gasteiger partial charge in [-0.25, -0.2) is 9.79 Å². The Morgan fingerprint density at radius 3 is 2.47 bits per heavy atom. The molecule has 1 aromatic carbocycles. The van der Waals surface area contributed by atoms with Crippen LogP contribution in [-0.4, -0.2) is 32.5 Å². The number of nitrogens with zero attached hydrogens (tertiary/aromatic N) is 2. The lowest BCUT2D eigenvalue weighted by Crippen LogP contribution is -2.07. The van der Waals surface area contributed by atoms with E-state index in [2.05, 4.69) is 4.99 Å². The molecule has 0 N–H and O–H groups in total. The summed E-state index contributed by atoms with van der Waals surface area (Å²) in [6.07, 6.45) is 3.58. The van der Waals surface area contributed by atoms with Crippen LogP contribution < -0.4 is 4.90 Å². The van der Waals surface area contributed by atoms with Gasteiger partial charge in [-0.1, -0.05) is 12.1 Å². The molecule has 4 heteroatoms. The molecule has 0 atom stereocenters. The molecular formula is C13H14N2O2. The summed E-state index contributed by atoms with van der Waals surface area (Å²) < 4.78 is 4.86. The molecule has 17 heavy (non-hydrogen) atoms. The zero-order valence-electron chi connectivity index (χ0n) is 9.88. The van der Waals surface area contributed by atoms with Crippen LogP contribution in [0.15, 0.2) is 35.3 Å². The van der Waals surface area contributed by atoms with E-state index in [0.717, 1.165) is 11.3 Å². The molecular weight excluding hydrogens is 216 g/mol. The number of anilines is 1. The highest BCUT2D eigenvalue weighted by Crippen LogP contribution is 2.13. The number of benzene rings is 1. The zero-order chi connectivity index (χ0) is 12.3. The Hall–Kier alpha value is -2.10. The molecule has 0 aliphatic carbocycles. The van der Waals surface area contributed by atoms with Crippen molar-refractivity contribution in [3.05, 3.63) is 35.9 Å². The maximum absolute atomic E-state index is 10.8. The van der Waals surface area contributed by atoms with Gasteiger partial charge in [0, 0.05) is 25.9 Å². The Bertz CT molecular complexity index is 473. The molecule has 0 unspecified atom stereocenters. The highest BCUT2D eigenvalue weighted by Gasteiger charge is 2.12. The van der Waals surface area contributed by atoms with E-state index in [1.165, 1.54) is 0 Å². The first kappa shape index (κ1) is 11.4. The summed E-state index contributed by atoms with van der Waals surface area (Å²) in [4.78, 5) is 16.8. The van der Waals surface area contributed by atoms with E-state index in [1.54, 1.807) is 6.08 Å². The largest absolute Gasteiger partial charge is 0.406 e. The lowest BCUT2D eigenvalue weighted by molar-refractivity contribution is -0.132. The van der Waals surface area contributed by atoms with Gasteiger partial charge in [0.2, 0.25) is 5.90 Å². The third kappa shape index (κ3) is 2.93. The summed E-state index contributed by atoms with van der Waals surface area (Å²) in [7, 11) is 4.00. The van der Waals surface area contributed by atoms with Crippen molar-refractivity contribution >= 4 is 23.6 Å². The predicted octanol–water partition coefficient (Wildman–Crippen LogP) is 1.72. The normalized spacial score (nSPS) is 14.9. The number of hydrogen-bond acceptors (Lipinski definition) is 4. The monoisotopic (exact) mass is 230 g/mol. The van der Waals surface area contributed by atoms with Gasteiger partial charge in [0.05, 0.1) is 0 Å². The fraction of sp³-hybridized carbons (Fsp3) is 0.231. The Balaban J connectivity index is 2.04. The molecule has 1 aliphatic rings. The molecule has 0 saturated heterocycles. The lowest BCUT2D eigenvalue weighted by atomic mass is 10.2. The molecule has 0 aromatic heterocycles. The summed E-state index contributed by atoms with van der Waals surface area (Å²) in [5.74, 6) is 0.0827. The van der Waals surface area contributed by atoms with Gasteiger partial charge in [-0.05, 0) is 23.8 Å². The zero-order valence-corrected chi connectivity index (χ0v) is 9.88. The Labute approximate surface area is 100 Å². The Morgan fingerprint density at radius 1 is 1.24 bits per heavy atom. The topological polar surface area (TPSA) is 41.9 Å². The first-order chi connectivity index (χ1) is 8.15. The van der Waals surface area contributed by atoms with Crippen molar-refractivity contribution in [3.8, 4) is 0 Å². The van der Waals surface area contributed by atoms with Gasteiger partial charge in [0.25, 0.3) is 0 Å². The second kappa shape index (κ2) is 4.82. The van der Waals surface area contributed by atoms with Gasteiger partial charge < -0.3 is 9.64 Å². The molecule has 0 spiro atoms.